The highest BCUT2D eigenvalue weighted by atomic mass is 16.2. The molecule has 2 aliphatic carbocycles. The van der Waals surface area contributed by atoms with Crippen LogP contribution in [0.1, 0.15) is 42.9 Å². The maximum absolute atomic E-state index is 12.0. The number of carbonyl (C=O) groups excluding carboxylic acids is 2. The number of aryl methyl sites for hydroxylation is 1. The Morgan fingerprint density at radius 3 is 2.77 bits per heavy atom. The first-order chi connectivity index (χ1) is 10.6. The average Bonchev–Trinajstić information content (AvgIpc) is 3.30. The zero-order chi connectivity index (χ0) is 15.5. The van der Waals surface area contributed by atoms with Gasteiger partial charge in [-0.3, -0.25) is 15.0 Å². The molecule has 1 aromatic carbocycles. The van der Waals surface area contributed by atoms with Crippen LogP contribution in [0.25, 0.3) is 0 Å². The molecule has 118 valence electrons. The van der Waals surface area contributed by atoms with Crippen molar-refractivity contribution in [3.63, 3.8) is 0 Å². The van der Waals surface area contributed by atoms with Gasteiger partial charge < -0.3 is 5.32 Å². The Hall–Kier alpha value is -1.88. The Kier molecular flexibility index (Phi) is 4.43. The molecule has 1 fully saturated rings. The highest BCUT2D eigenvalue weighted by Crippen LogP contribution is 2.33. The van der Waals surface area contributed by atoms with E-state index in [1.165, 1.54) is 11.1 Å². The third kappa shape index (κ3) is 3.65. The zero-order valence-electron chi connectivity index (χ0n) is 13.0. The monoisotopic (exact) mass is 301 g/mol. The first kappa shape index (κ1) is 15.0. The summed E-state index contributed by atoms with van der Waals surface area (Å²) < 4.78 is 0. The molecule has 1 atom stereocenters. The van der Waals surface area contributed by atoms with Gasteiger partial charge in [-0.1, -0.05) is 24.3 Å². The Morgan fingerprint density at radius 2 is 2.00 bits per heavy atom. The van der Waals surface area contributed by atoms with E-state index in [9.17, 15) is 9.59 Å². The Morgan fingerprint density at radius 1 is 1.23 bits per heavy atom. The second kappa shape index (κ2) is 6.48. The van der Waals surface area contributed by atoms with Crippen LogP contribution in [0.4, 0.5) is 4.79 Å². The van der Waals surface area contributed by atoms with E-state index in [1.54, 1.807) is 0 Å². The number of rotatable bonds is 4. The Balaban J connectivity index is 1.56. The molecule has 0 bridgehead atoms. The van der Waals surface area contributed by atoms with Crippen molar-refractivity contribution in [1.82, 2.24) is 15.5 Å². The van der Waals surface area contributed by atoms with Crippen LogP contribution in [0, 0.1) is 0 Å². The van der Waals surface area contributed by atoms with Gasteiger partial charge >= 0.3 is 6.03 Å². The lowest BCUT2D eigenvalue weighted by atomic mass is 9.87. The smallest absolute Gasteiger partial charge is 0.321 e. The summed E-state index contributed by atoms with van der Waals surface area (Å²) in [5.41, 5.74) is 2.68. The molecule has 0 saturated heterocycles. The van der Waals surface area contributed by atoms with Crippen molar-refractivity contribution in [2.45, 2.75) is 44.2 Å². The molecule has 0 aromatic heterocycles. The highest BCUT2D eigenvalue weighted by molar-refractivity contribution is 5.95. The molecule has 0 aliphatic heterocycles. The lowest BCUT2D eigenvalue weighted by molar-refractivity contribution is -0.121. The summed E-state index contributed by atoms with van der Waals surface area (Å²) in [4.78, 5) is 25.6. The van der Waals surface area contributed by atoms with E-state index in [-0.39, 0.29) is 30.6 Å². The zero-order valence-corrected chi connectivity index (χ0v) is 13.0. The average molecular weight is 301 g/mol. The predicted octanol–water partition coefficient (Wildman–Crippen LogP) is 1.98. The van der Waals surface area contributed by atoms with E-state index in [0.717, 1.165) is 32.1 Å². The molecule has 0 radical (unpaired) electrons. The molecule has 2 aliphatic rings. The third-order valence-corrected chi connectivity index (χ3v) is 4.43. The topological polar surface area (TPSA) is 61.4 Å². The minimum absolute atomic E-state index is 0.233. The first-order valence-electron chi connectivity index (χ1n) is 8.02. The van der Waals surface area contributed by atoms with Gasteiger partial charge in [0.2, 0.25) is 5.91 Å². The molecule has 3 rings (SSSR count). The maximum Gasteiger partial charge on any atom is 0.321 e. The predicted molar refractivity (Wildman–Crippen MR) is 84.4 cm³/mol. The number of carbonyl (C=O) groups is 2. The molecule has 5 nitrogen and oxygen atoms in total. The molecule has 22 heavy (non-hydrogen) atoms. The summed E-state index contributed by atoms with van der Waals surface area (Å²) in [6.07, 6.45) is 5.32. The van der Waals surface area contributed by atoms with Crippen LogP contribution in [0.15, 0.2) is 24.3 Å². The summed E-state index contributed by atoms with van der Waals surface area (Å²) >= 11 is 0. The minimum Gasteiger partial charge on any atom is -0.335 e. The van der Waals surface area contributed by atoms with Gasteiger partial charge in [-0.15, -0.1) is 0 Å². The summed E-state index contributed by atoms with van der Waals surface area (Å²) in [7, 11) is 1.95. The van der Waals surface area contributed by atoms with Gasteiger partial charge in [-0.05, 0) is 50.3 Å². The maximum atomic E-state index is 12.0. The highest BCUT2D eigenvalue weighted by Gasteiger charge is 2.26. The molecule has 2 N–H and O–H groups in total. The van der Waals surface area contributed by atoms with Crippen molar-refractivity contribution >= 4 is 11.9 Å². The van der Waals surface area contributed by atoms with Gasteiger partial charge in [0.25, 0.3) is 0 Å². The minimum atomic E-state index is -0.370. The molecule has 0 heterocycles. The largest absolute Gasteiger partial charge is 0.335 e. The van der Waals surface area contributed by atoms with Crippen molar-refractivity contribution < 1.29 is 9.59 Å². The normalized spacial score (nSPS) is 20.4. The number of urea groups is 1. The molecule has 3 amide bonds. The number of nitrogens with zero attached hydrogens (tertiary/aromatic N) is 1. The van der Waals surface area contributed by atoms with Crippen LogP contribution in [-0.4, -0.2) is 36.5 Å². The van der Waals surface area contributed by atoms with E-state index in [4.69, 9.17) is 0 Å². The second-order valence-electron chi connectivity index (χ2n) is 6.32. The van der Waals surface area contributed by atoms with E-state index < -0.39 is 0 Å². The fourth-order valence-corrected chi connectivity index (χ4v) is 3.14. The molecular weight excluding hydrogens is 278 g/mol. The van der Waals surface area contributed by atoms with Gasteiger partial charge in [-0.2, -0.15) is 0 Å². The summed E-state index contributed by atoms with van der Waals surface area (Å²) in [6.45, 7) is 0.233. The number of hydrogen-bond donors (Lipinski definition) is 2. The van der Waals surface area contributed by atoms with Crippen LogP contribution < -0.4 is 10.6 Å². The fraction of sp³-hybridized carbons (Fsp3) is 0.529. The van der Waals surface area contributed by atoms with Gasteiger partial charge in [0.05, 0.1) is 6.54 Å². The van der Waals surface area contributed by atoms with Crippen molar-refractivity contribution in [2.24, 2.45) is 0 Å². The molecule has 5 heteroatoms. The number of likely N-dealkylation sites (N-methyl/N-ethyl adjacent to an activating group) is 1. The van der Waals surface area contributed by atoms with Crippen LogP contribution in [0.2, 0.25) is 0 Å². The number of amides is 3. The summed E-state index contributed by atoms with van der Waals surface area (Å²) in [5, 5.41) is 5.18. The quantitative estimate of drug-likeness (QED) is 0.894. The van der Waals surface area contributed by atoms with Gasteiger partial charge in [0, 0.05) is 12.1 Å². The van der Waals surface area contributed by atoms with Gasteiger partial charge in [-0.25, -0.2) is 4.79 Å². The van der Waals surface area contributed by atoms with Crippen LogP contribution in [0.3, 0.4) is 0 Å². The molecule has 0 spiro atoms. The first-order valence-corrected chi connectivity index (χ1v) is 8.02. The second-order valence-corrected chi connectivity index (χ2v) is 6.32. The van der Waals surface area contributed by atoms with Crippen molar-refractivity contribution in [1.29, 1.82) is 0 Å². The standard InChI is InChI=1S/C17H23N3O2/c1-20(11-16(21)19-17(22)18-13-9-10-13)15-8-4-6-12-5-2-3-7-14(12)15/h2-3,5,7,13,15H,4,6,8-11H2,1H3,(H2,18,19,21,22). The summed E-state index contributed by atoms with van der Waals surface area (Å²) in [6, 6.07) is 8.57. The van der Waals surface area contributed by atoms with Gasteiger partial charge in [0.15, 0.2) is 0 Å². The van der Waals surface area contributed by atoms with Crippen molar-refractivity contribution in [2.75, 3.05) is 13.6 Å². The van der Waals surface area contributed by atoms with Crippen LogP contribution in [0.5, 0.6) is 0 Å². The third-order valence-electron chi connectivity index (χ3n) is 4.43. The molecule has 1 unspecified atom stereocenters. The molecular formula is C17H23N3O2. The number of hydrogen-bond acceptors (Lipinski definition) is 3. The number of nitrogens with one attached hydrogen (secondary N) is 2. The Labute approximate surface area is 131 Å². The van der Waals surface area contributed by atoms with Crippen molar-refractivity contribution in [3.05, 3.63) is 35.4 Å². The molecule has 1 saturated carbocycles. The lowest BCUT2D eigenvalue weighted by Crippen LogP contribution is -2.45. The Bertz CT molecular complexity index is 569. The van der Waals surface area contributed by atoms with Crippen LogP contribution >= 0.6 is 0 Å². The SMILES string of the molecule is CN(CC(=O)NC(=O)NC1CC1)C1CCCc2ccccc21. The van der Waals surface area contributed by atoms with Crippen LogP contribution in [-0.2, 0) is 11.2 Å². The molecule has 1 aromatic rings. The van der Waals surface area contributed by atoms with E-state index >= 15 is 0 Å². The fourth-order valence-electron chi connectivity index (χ4n) is 3.14. The number of imide groups is 1. The van der Waals surface area contributed by atoms with E-state index in [2.05, 4.69) is 28.8 Å². The van der Waals surface area contributed by atoms with Gasteiger partial charge in [0.1, 0.15) is 0 Å². The van der Waals surface area contributed by atoms with Crippen molar-refractivity contribution in [3.8, 4) is 0 Å². The number of benzene rings is 1. The number of fused-ring (bicyclic) bond motifs is 1. The van der Waals surface area contributed by atoms with E-state index in [1.807, 2.05) is 18.0 Å². The lowest BCUT2D eigenvalue weighted by Gasteiger charge is -2.32. The van der Waals surface area contributed by atoms with E-state index in [0.29, 0.717) is 0 Å². The summed E-state index contributed by atoms with van der Waals surface area (Å²) in [5.74, 6) is -0.247.